The number of rotatable bonds is 5. The van der Waals surface area contributed by atoms with E-state index in [1.807, 2.05) is 30.9 Å². The van der Waals surface area contributed by atoms with Crippen molar-refractivity contribution in [2.75, 3.05) is 5.32 Å². The van der Waals surface area contributed by atoms with Crippen LogP contribution in [0.25, 0.3) is 27.1 Å². The van der Waals surface area contributed by atoms with E-state index < -0.39 is 0 Å². The number of imidazole rings is 1. The summed E-state index contributed by atoms with van der Waals surface area (Å²) in [6, 6.07) is 10.3. The lowest BCUT2D eigenvalue weighted by atomic mass is 9.93. The van der Waals surface area contributed by atoms with E-state index in [1.54, 1.807) is 22.2 Å². The highest BCUT2D eigenvalue weighted by atomic mass is 32.1. The van der Waals surface area contributed by atoms with Gasteiger partial charge in [0, 0.05) is 12.4 Å². The summed E-state index contributed by atoms with van der Waals surface area (Å²) in [6.45, 7) is 0.683. The van der Waals surface area contributed by atoms with Gasteiger partial charge < -0.3 is 15.0 Å². The molecular formula is C23H23N7OS. The summed E-state index contributed by atoms with van der Waals surface area (Å²) < 4.78 is 4.97. The lowest BCUT2D eigenvalue weighted by molar-refractivity contribution is 0.116. The van der Waals surface area contributed by atoms with Crippen LogP contribution >= 0.6 is 11.3 Å². The smallest absolute Gasteiger partial charge is 0.184 e. The van der Waals surface area contributed by atoms with E-state index >= 15 is 0 Å². The largest absolute Gasteiger partial charge is 0.391 e. The fourth-order valence-electron chi connectivity index (χ4n) is 4.36. The van der Waals surface area contributed by atoms with Gasteiger partial charge in [0.2, 0.25) is 0 Å². The molecule has 2 atom stereocenters. The number of thiazole rings is 1. The predicted octanol–water partition coefficient (Wildman–Crippen LogP) is 3.99. The first-order valence-electron chi connectivity index (χ1n) is 10.9. The fourth-order valence-corrected chi connectivity index (χ4v) is 5.36. The van der Waals surface area contributed by atoms with Crippen molar-refractivity contribution < 1.29 is 5.11 Å². The van der Waals surface area contributed by atoms with Gasteiger partial charge in [-0.25, -0.2) is 19.6 Å². The quantitative estimate of drug-likeness (QED) is 0.425. The first-order valence-corrected chi connectivity index (χ1v) is 11.7. The van der Waals surface area contributed by atoms with Crippen LogP contribution in [0.4, 0.5) is 5.13 Å². The summed E-state index contributed by atoms with van der Waals surface area (Å²) in [4.78, 5) is 13.9. The number of fused-ring (bicyclic) bond motifs is 2. The second-order valence-corrected chi connectivity index (χ2v) is 9.31. The Bertz CT molecular complexity index is 1370. The minimum absolute atomic E-state index is 0.0961. The molecule has 1 saturated carbocycles. The van der Waals surface area contributed by atoms with Crippen molar-refractivity contribution in [2.45, 2.75) is 44.4 Å². The van der Waals surface area contributed by atoms with Crippen LogP contribution in [0.5, 0.6) is 0 Å². The molecule has 0 aliphatic heterocycles. The lowest BCUT2D eigenvalue weighted by Gasteiger charge is -2.27. The van der Waals surface area contributed by atoms with Gasteiger partial charge in [-0.15, -0.1) is 0 Å². The maximum absolute atomic E-state index is 10.2. The van der Waals surface area contributed by atoms with Crippen LogP contribution in [0.15, 0.2) is 55.2 Å². The van der Waals surface area contributed by atoms with E-state index in [2.05, 4.69) is 43.1 Å². The summed E-state index contributed by atoms with van der Waals surface area (Å²) in [5, 5.41) is 18.8. The average molecular weight is 446 g/mol. The summed E-state index contributed by atoms with van der Waals surface area (Å²) in [7, 11) is 0. The lowest BCUT2D eigenvalue weighted by Crippen LogP contribution is -2.36. The summed E-state index contributed by atoms with van der Waals surface area (Å²) in [6.07, 6.45) is 11.1. The number of aliphatic hydroxyl groups excluding tert-OH is 1. The Morgan fingerprint density at radius 1 is 1.12 bits per heavy atom. The number of pyridine rings is 1. The van der Waals surface area contributed by atoms with Crippen LogP contribution in [0, 0.1) is 0 Å². The minimum atomic E-state index is -0.290. The molecule has 32 heavy (non-hydrogen) atoms. The van der Waals surface area contributed by atoms with Gasteiger partial charge in [-0.2, -0.15) is 5.10 Å². The molecule has 2 unspecified atom stereocenters. The average Bonchev–Trinajstić information content (AvgIpc) is 3.55. The Balaban J connectivity index is 1.23. The SMILES string of the molecule is OC1CCCCC1Nc1nc2ccc(Cn3cnc4cc(-n5cccn5)cnc43)cc2s1. The summed E-state index contributed by atoms with van der Waals surface area (Å²) in [5.41, 5.74) is 4.72. The van der Waals surface area contributed by atoms with Crippen molar-refractivity contribution in [1.82, 2.24) is 29.3 Å². The molecule has 1 aliphatic carbocycles. The van der Waals surface area contributed by atoms with Crippen molar-refractivity contribution in [2.24, 2.45) is 0 Å². The van der Waals surface area contributed by atoms with E-state index in [0.717, 1.165) is 57.9 Å². The van der Waals surface area contributed by atoms with Crippen LogP contribution < -0.4 is 5.32 Å². The molecule has 9 heteroatoms. The number of nitrogens with zero attached hydrogens (tertiary/aromatic N) is 6. The highest BCUT2D eigenvalue weighted by Crippen LogP contribution is 2.30. The summed E-state index contributed by atoms with van der Waals surface area (Å²) in [5.74, 6) is 0. The van der Waals surface area contributed by atoms with Crippen LogP contribution in [0.3, 0.4) is 0 Å². The Hall–Kier alpha value is -3.30. The van der Waals surface area contributed by atoms with Gasteiger partial charge in [0.25, 0.3) is 0 Å². The van der Waals surface area contributed by atoms with E-state index in [-0.39, 0.29) is 12.1 Å². The Morgan fingerprint density at radius 2 is 2.06 bits per heavy atom. The Morgan fingerprint density at radius 3 is 2.94 bits per heavy atom. The standard InChI is InChI=1S/C23H23N7OS/c31-20-5-2-1-4-17(20)27-23-28-18-7-6-15(10-21(18)32-23)13-29-14-25-19-11-16(12-24-22(19)29)30-9-3-8-26-30/h3,6-12,14,17,20,31H,1-2,4-5,13H2,(H,27,28). The molecule has 1 aromatic carbocycles. The van der Waals surface area contributed by atoms with Crippen molar-refractivity contribution in [1.29, 1.82) is 0 Å². The minimum Gasteiger partial charge on any atom is -0.391 e. The van der Waals surface area contributed by atoms with Crippen molar-refractivity contribution in [3.8, 4) is 5.69 Å². The molecule has 8 nitrogen and oxygen atoms in total. The maximum Gasteiger partial charge on any atom is 0.184 e. The van der Waals surface area contributed by atoms with Crippen LogP contribution in [-0.2, 0) is 6.54 Å². The zero-order valence-electron chi connectivity index (χ0n) is 17.4. The highest BCUT2D eigenvalue weighted by molar-refractivity contribution is 7.22. The molecule has 0 spiro atoms. The van der Waals surface area contributed by atoms with E-state index in [4.69, 9.17) is 4.98 Å². The van der Waals surface area contributed by atoms with Gasteiger partial charge in [-0.1, -0.05) is 30.2 Å². The second-order valence-electron chi connectivity index (χ2n) is 8.28. The number of nitrogens with one attached hydrogen (secondary N) is 1. The van der Waals surface area contributed by atoms with Gasteiger partial charge in [0.05, 0.1) is 47.1 Å². The molecule has 0 saturated heterocycles. The van der Waals surface area contributed by atoms with E-state index in [9.17, 15) is 5.11 Å². The first-order chi connectivity index (χ1) is 15.7. The van der Waals surface area contributed by atoms with Crippen LogP contribution in [0.2, 0.25) is 0 Å². The normalized spacial score (nSPS) is 19.0. The second kappa shape index (κ2) is 7.99. The number of aliphatic hydroxyl groups is 1. The predicted molar refractivity (Wildman–Crippen MR) is 125 cm³/mol. The molecule has 1 fully saturated rings. The van der Waals surface area contributed by atoms with Crippen LogP contribution in [-0.4, -0.2) is 46.6 Å². The third-order valence-corrected chi connectivity index (χ3v) is 7.00. The van der Waals surface area contributed by atoms with Crippen LogP contribution in [0.1, 0.15) is 31.2 Å². The van der Waals surface area contributed by atoms with Crippen molar-refractivity contribution in [3.63, 3.8) is 0 Å². The van der Waals surface area contributed by atoms with Crippen molar-refractivity contribution in [3.05, 3.63) is 60.8 Å². The first kappa shape index (κ1) is 19.4. The maximum atomic E-state index is 10.2. The topological polar surface area (TPSA) is 93.7 Å². The van der Waals surface area contributed by atoms with Gasteiger partial charge in [0.1, 0.15) is 5.52 Å². The molecule has 162 valence electrons. The number of hydrogen-bond acceptors (Lipinski definition) is 7. The molecule has 4 aromatic heterocycles. The van der Waals surface area contributed by atoms with Crippen molar-refractivity contribution >= 4 is 37.8 Å². The third-order valence-electron chi connectivity index (χ3n) is 6.05. The zero-order valence-corrected chi connectivity index (χ0v) is 18.2. The molecule has 1 aliphatic rings. The highest BCUT2D eigenvalue weighted by Gasteiger charge is 2.23. The molecule has 5 aromatic rings. The Kier molecular flexibility index (Phi) is 4.84. The van der Waals surface area contributed by atoms with Gasteiger partial charge in [-0.05, 0) is 42.7 Å². The fraction of sp³-hybridized carbons (Fsp3) is 0.304. The molecule has 4 heterocycles. The van der Waals surface area contributed by atoms with E-state index in [0.29, 0.717) is 6.54 Å². The number of anilines is 1. The molecule has 0 bridgehead atoms. The third kappa shape index (κ3) is 3.63. The molecule has 0 amide bonds. The Labute approximate surface area is 188 Å². The number of aromatic nitrogens is 6. The van der Waals surface area contributed by atoms with Gasteiger partial charge >= 0.3 is 0 Å². The molecular weight excluding hydrogens is 422 g/mol. The van der Waals surface area contributed by atoms with E-state index in [1.165, 1.54) is 5.56 Å². The molecule has 6 rings (SSSR count). The molecule has 0 radical (unpaired) electrons. The monoisotopic (exact) mass is 445 g/mol. The van der Waals surface area contributed by atoms with Gasteiger partial charge in [-0.3, -0.25) is 0 Å². The number of hydrogen-bond donors (Lipinski definition) is 2. The summed E-state index contributed by atoms with van der Waals surface area (Å²) >= 11 is 1.64. The van der Waals surface area contributed by atoms with Gasteiger partial charge in [0.15, 0.2) is 10.8 Å². The molecule has 2 N–H and O–H groups in total. The number of benzene rings is 1. The zero-order chi connectivity index (χ0) is 21.5.